The molecule has 1 saturated carbocycles. The number of nitrogens with one attached hydrogen (secondary N) is 1. The van der Waals surface area contributed by atoms with Crippen LogP contribution in [-0.2, 0) is 9.53 Å². The maximum absolute atomic E-state index is 13.4. The number of rotatable bonds is 7. The molecular weight excluding hydrogens is 390 g/mol. The van der Waals surface area contributed by atoms with Crippen molar-refractivity contribution in [2.45, 2.75) is 69.5 Å². The fourth-order valence-electron chi connectivity index (χ4n) is 5.75. The van der Waals surface area contributed by atoms with Crippen LogP contribution >= 0.6 is 0 Å². The van der Waals surface area contributed by atoms with Gasteiger partial charge in [-0.1, -0.05) is 31.0 Å². The summed E-state index contributed by atoms with van der Waals surface area (Å²) >= 11 is 0. The van der Waals surface area contributed by atoms with Crippen molar-refractivity contribution in [3.63, 3.8) is 0 Å². The van der Waals surface area contributed by atoms with E-state index in [2.05, 4.69) is 10.2 Å². The molecule has 0 radical (unpaired) electrons. The Labute approximate surface area is 186 Å². The Morgan fingerprint density at radius 3 is 2.55 bits per heavy atom. The molecule has 31 heavy (non-hydrogen) atoms. The van der Waals surface area contributed by atoms with Crippen molar-refractivity contribution in [1.82, 2.24) is 15.1 Å². The molecule has 6 heteroatoms. The quantitative estimate of drug-likeness (QED) is 0.680. The van der Waals surface area contributed by atoms with Crippen molar-refractivity contribution in [2.24, 2.45) is 5.92 Å². The lowest BCUT2D eigenvalue weighted by molar-refractivity contribution is -0.126. The zero-order chi connectivity index (χ0) is 21.6. The summed E-state index contributed by atoms with van der Waals surface area (Å²) in [7, 11) is 1.74. The average Bonchev–Trinajstić information content (AvgIpc) is 3.20. The second-order valence-electron chi connectivity index (χ2n) is 9.41. The van der Waals surface area contributed by atoms with Gasteiger partial charge in [-0.15, -0.1) is 0 Å². The molecule has 2 saturated heterocycles. The van der Waals surface area contributed by atoms with Gasteiger partial charge < -0.3 is 19.9 Å². The van der Waals surface area contributed by atoms with Gasteiger partial charge >= 0.3 is 0 Å². The molecule has 1 aromatic carbocycles. The molecular formula is C25H37N3O3. The highest BCUT2D eigenvalue weighted by Crippen LogP contribution is 2.40. The molecule has 170 valence electrons. The lowest BCUT2D eigenvalue weighted by atomic mass is 9.84. The van der Waals surface area contributed by atoms with E-state index in [0.29, 0.717) is 11.5 Å². The highest BCUT2D eigenvalue weighted by atomic mass is 16.5. The smallest absolute Gasteiger partial charge is 0.254 e. The topological polar surface area (TPSA) is 61.9 Å². The first-order chi connectivity index (χ1) is 15.2. The van der Waals surface area contributed by atoms with E-state index in [1.807, 2.05) is 35.2 Å². The zero-order valence-electron chi connectivity index (χ0n) is 18.8. The summed E-state index contributed by atoms with van der Waals surface area (Å²) < 4.78 is 5.15. The number of fused-ring (bicyclic) bond motifs is 1. The number of carbonyl (C=O) groups is 2. The van der Waals surface area contributed by atoms with Crippen LogP contribution in [0.5, 0.6) is 0 Å². The van der Waals surface area contributed by atoms with Gasteiger partial charge in [0.25, 0.3) is 5.91 Å². The van der Waals surface area contributed by atoms with E-state index in [1.54, 1.807) is 7.11 Å². The molecule has 1 aliphatic carbocycles. The molecule has 3 aliphatic rings. The second kappa shape index (κ2) is 10.6. The minimum absolute atomic E-state index is 0.0168. The number of benzene rings is 1. The van der Waals surface area contributed by atoms with Crippen LogP contribution in [0, 0.1) is 5.92 Å². The van der Waals surface area contributed by atoms with Gasteiger partial charge in [0.2, 0.25) is 5.91 Å². The molecule has 4 rings (SSSR count). The number of piperidine rings is 1. The molecule has 2 heterocycles. The molecule has 3 atom stereocenters. The third-order valence-electron chi connectivity index (χ3n) is 7.40. The van der Waals surface area contributed by atoms with Crippen molar-refractivity contribution in [3.05, 3.63) is 35.9 Å². The first kappa shape index (κ1) is 22.3. The number of amides is 2. The Balaban J connectivity index is 1.38. The summed E-state index contributed by atoms with van der Waals surface area (Å²) in [5.41, 5.74) is 0.691. The largest absolute Gasteiger partial charge is 0.385 e. The van der Waals surface area contributed by atoms with Gasteiger partial charge in [-0.3, -0.25) is 9.59 Å². The summed E-state index contributed by atoms with van der Waals surface area (Å²) in [6.45, 7) is 3.88. The van der Waals surface area contributed by atoms with Gasteiger partial charge in [-0.2, -0.15) is 0 Å². The number of likely N-dealkylation sites (tertiary alicyclic amines) is 2. The van der Waals surface area contributed by atoms with Crippen LogP contribution in [-0.4, -0.2) is 73.1 Å². The molecule has 2 aliphatic heterocycles. The van der Waals surface area contributed by atoms with Crippen molar-refractivity contribution in [2.75, 3.05) is 33.4 Å². The van der Waals surface area contributed by atoms with Crippen LogP contribution in [0.2, 0.25) is 0 Å². The van der Waals surface area contributed by atoms with Crippen molar-refractivity contribution in [1.29, 1.82) is 0 Å². The number of carbonyl (C=O) groups excluding carboxylic acids is 2. The lowest BCUT2D eigenvalue weighted by Gasteiger charge is -2.35. The van der Waals surface area contributed by atoms with E-state index in [9.17, 15) is 9.59 Å². The third kappa shape index (κ3) is 5.29. The highest BCUT2D eigenvalue weighted by Gasteiger charge is 2.47. The minimum atomic E-state index is -0.333. The van der Waals surface area contributed by atoms with E-state index >= 15 is 0 Å². The standard InChI is InChI=1S/C25H37N3O3/c1-31-17-7-14-27-15-12-21(13-16-27)26-24(29)23-18-20-10-5-6-11-22(20)28(23)25(30)19-8-3-2-4-9-19/h2-4,8-9,20-23H,5-7,10-18H2,1H3,(H,26,29). The van der Waals surface area contributed by atoms with E-state index in [1.165, 1.54) is 6.42 Å². The summed E-state index contributed by atoms with van der Waals surface area (Å²) in [6, 6.07) is 9.55. The number of hydrogen-bond acceptors (Lipinski definition) is 4. The van der Waals surface area contributed by atoms with Gasteiger partial charge in [0.05, 0.1) is 0 Å². The van der Waals surface area contributed by atoms with Gasteiger partial charge in [0, 0.05) is 51.0 Å². The molecule has 3 fully saturated rings. The van der Waals surface area contributed by atoms with E-state index < -0.39 is 0 Å². The van der Waals surface area contributed by atoms with Crippen molar-refractivity contribution in [3.8, 4) is 0 Å². The molecule has 1 aromatic rings. The first-order valence-electron chi connectivity index (χ1n) is 12.1. The van der Waals surface area contributed by atoms with Crippen LogP contribution in [0.15, 0.2) is 30.3 Å². The predicted molar refractivity (Wildman–Crippen MR) is 121 cm³/mol. The Hall–Kier alpha value is -1.92. The van der Waals surface area contributed by atoms with Gasteiger partial charge in [-0.25, -0.2) is 0 Å². The van der Waals surface area contributed by atoms with Crippen LogP contribution in [0.1, 0.15) is 61.7 Å². The number of hydrogen-bond donors (Lipinski definition) is 1. The summed E-state index contributed by atoms with van der Waals surface area (Å²) in [4.78, 5) is 31.2. The lowest BCUT2D eigenvalue weighted by Crippen LogP contribution is -2.53. The predicted octanol–water partition coefficient (Wildman–Crippen LogP) is 3.08. The van der Waals surface area contributed by atoms with E-state index in [0.717, 1.165) is 71.2 Å². The van der Waals surface area contributed by atoms with Crippen LogP contribution in [0.4, 0.5) is 0 Å². The molecule has 1 N–H and O–H groups in total. The molecule has 0 aromatic heterocycles. The van der Waals surface area contributed by atoms with Crippen molar-refractivity contribution >= 4 is 11.8 Å². The summed E-state index contributed by atoms with van der Waals surface area (Å²) in [6.07, 6.45) is 8.33. The fourth-order valence-corrected chi connectivity index (χ4v) is 5.75. The normalized spacial score (nSPS) is 27.1. The summed E-state index contributed by atoms with van der Waals surface area (Å²) in [5, 5.41) is 3.31. The van der Waals surface area contributed by atoms with E-state index in [4.69, 9.17) is 4.74 Å². The third-order valence-corrected chi connectivity index (χ3v) is 7.40. The van der Waals surface area contributed by atoms with Crippen LogP contribution < -0.4 is 5.32 Å². The number of ether oxygens (including phenoxy) is 1. The van der Waals surface area contributed by atoms with Gasteiger partial charge in [0.1, 0.15) is 6.04 Å². The maximum atomic E-state index is 13.4. The molecule has 3 unspecified atom stereocenters. The monoisotopic (exact) mass is 427 g/mol. The van der Waals surface area contributed by atoms with Gasteiger partial charge in [-0.05, 0) is 56.6 Å². The average molecular weight is 428 g/mol. The first-order valence-corrected chi connectivity index (χ1v) is 12.1. The highest BCUT2D eigenvalue weighted by molar-refractivity contribution is 5.98. The number of methoxy groups -OCH3 is 1. The Kier molecular flexibility index (Phi) is 7.62. The number of nitrogens with zero attached hydrogens (tertiary/aromatic N) is 2. The Morgan fingerprint density at radius 2 is 1.81 bits per heavy atom. The van der Waals surface area contributed by atoms with Crippen LogP contribution in [0.3, 0.4) is 0 Å². The molecule has 2 amide bonds. The molecule has 6 nitrogen and oxygen atoms in total. The SMILES string of the molecule is COCCCN1CCC(NC(=O)C2CC3CCCCC3N2C(=O)c2ccccc2)CC1. The van der Waals surface area contributed by atoms with Gasteiger partial charge in [0.15, 0.2) is 0 Å². The maximum Gasteiger partial charge on any atom is 0.254 e. The molecule has 0 bridgehead atoms. The van der Waals surface area contributed by atoms with Crippen LogP contribution in [0.25, 0.3) is 0 Å². The van der Waals surface area contributed by atoms with Crippen molar-refractivity contribution < 1.29 is 14.3 Å². The second-order valence-corrected chi connectivity index (χ2v) is 9.41. The molecule has 0 spiro atoms. The Morgan fingerprint density at radius 1 is 1.06 bits per heavy atom. The fraction of sp³-hybridized carbons (Fsp3) is 0.680. The summed E-state index contributed by atoms with van der Waals surface area (Å²) in [5.74, 6) is 0.527. The zero-order valence-corrected chi connectivity index (χ0v) is 18.8. The Bertz CT molecular complexity index is 733. The van der Waals surface area contributed by atoms with E-state index in [-0.39, 0.29) is 29.9 Å². The minimum Gasteiger partial charge on any atom is -0.385 e.